The Kier molecular flexibility index (Phi) is 5.16. The van der Waals surface area contributed by atoms with E-state index in [0.717, 1.165) is 13.0 Å². The highest BCUT2D eigenvalue weighted by Gasteiger charge is 2.27. The molecule has 1 unspecified atom stereocenters. The molecule has 114 valence electrons. The fraction of sp³-hybridized carbons (Fsp3) is 0.467. The van der Waals surface area contributed by atoms with Crippen molar-refractivity contribution in [3.05, 3.63) is 24.3 Å². The summed E-state index contributed by atoms with van der Waals surface area (Å²) in [6.07, 6.45) is 0.729. The second-order valence-electron chi connectivity index (χ2n) is 4.95. The Morgan fingerprint density at radius 1 is 1.52 bits per heavy atom. The molecular formula is C15H21N3O3. The van der Waals surface area contributed by atoms with E-state index in [9.17, 15) is 9.59 Å². The first-order valence-corrected chi connectivity index (χ1v) is 7.10. The van der Waals surface area contributed by atoms with Gasteiger partial charge in [0.1, 0.15) is 5.75 Å². The SMILES string of the molecule is CCC1NCCN(CC(=O)Nc2cccc(OC)c2)C1=O. The predicted octanol–water partition coefficient (Wildman–Crippen LogP) is 0.844. The highest BCUT2D eigenvalue weighted by molar-refractivity contribution is 5.95. The van der Waals surface area contributed by atoms with Gasteiger partial charge in [0.25, 0.3) is 0 Å². The summed E-state index contributed by atoms with van der Waals surface area (Å²) in [6.45, 7) is 3.31. The van der Waals surface area contributed by atoms with Crippen LogP contribution in [0.1, 0.15) is 13.3 Å². The van der Waals surface area contributed by atoms with Gasteiger partial charge in [-0.3, -0.25) is 9.59 Å². The number of anilines is 1. The number of carbonyl (C=O) groups is 2. The second kappa shape index (κ2) is 7.08. The van der Waals surface area contributed by atoms with Crippen molar-refractivity contribution in [2.45, 2.75) is 19.4 Å². The minimum Gasteiger partial charge on any atom is -0.497 e. The van der Waals surface area contributed by atoms with Gasteiger partial charge in [0.2, 0.25) is 11.8 Å². The molecule has 1 saturated heterocycles. The van der Waals surface area contributed by atoms with E-state index in [1.807, 2.05) is 6.92 Å². The zero-order valence-electron chi connectivity index (χ0n) is 12.4. The number of amides is 2. The number of ether oxygens (including phenoxy) is 1. The van der Waals surface area contributed by atoms with Crippen LogP contribution < -0.4 is 15.4 Å². The summed E-state index contributed by atoms with van der Waals surface area (Å²) in [5.74, 6) is 0.468. The van der Waals surface area contributed by atoms with Crippen LogP contribution in [0.5, 0.6) is 5.75 Å². The van der Waals surface area contributed by atoms with Gasteiger partial charge in [-0.05, 0) is 18.6 Å². The monoisotopic (exact) mass is 291 g/mol. The maximum atomic E-state index is 12.1. The van der Waals surface area contributed by atoms with E-state index in [1.165, 1.54) is 0 Å². The van der Waals surface area contributed by atoms with Gasteiger partial charge in [-0.2, -0.15) is 0 Å². The van der Waals surface area contributed by atoms with Crippen LogP contribution in [0.25, 0.3) is 0 Å². The Bertz CT molecular complexity index is 519. The summed E-state index contributed by atoms with van der Waals surface area (Å²) in [5, 5.41) is 5.93. The molecule has 0 radical (unpaired) electrons. The molecule has 1 aliphatic rings. The summed E-state index contributed by atoms with van der Waals surface area (Å²) < 4.78 is 5.11. The van der Waals surface area contributed by atoms with Crippen LogP contribution in [0.3, 0.4) is 0 Å². The highest BCUT2D eigenvalue weighted by atomic mass is 16.5. The molecule has 6 heteroatoms. The summed E-state index contributed by atoms with van der Waals surface area (Å²) in [7, 11) is 1.57. The summed E-state index contributed by atoms with van der Waals surface area (Å²) >= 11 is 0. The Morgan fingerprint density at radius 3 is 3.05 bits per heavy atom. The molecule has 21 heavy (non-hydrogen) atoms. The number of piperazine rings is 1. The smallest absolute Gasteiger partial charge is 0.244 e. The Morgan fingerprint density at radius 2 is 2.33 bits per heavy atom. The average Bonchev–Trinajstić information content (AvgIpc) is 2.49. The van der Waals surface area contributed by atoms with Crippen molar-refractivity contribution in [2.75, 3.05) is 32.1 Å². The van der Waals surface area contributed by atoms with Crippen LogP contribution in [-0.2, 0) is 9.59 Å². The summed E-state index contributed by atoms with van der Waals surface area (Å²) in [6, 6.07) is 6.96. The van der Waals surface area contributed by atoms with Crippen LogP contribution in [0.2, 0.25) is 0 Å². The quantitative estimate of drug-likeness (QED) is 0.843. The third-order valence-electron chi connectivity index (χ3n) is 3.48. The third kappa shape index (κ3) is 3.95. The zero-order valence-corrected chi connectivity index (χ0v) is 12.4. The molecule has 1 aromatic carbocycles. The first kappa shape index (κ1) is 15.3. The van der Waals surface area contributed by atoms with Crippen molar-refractivity contribution in [2.24, 2.45) is 0 Å². The van der Waals surface area contributed by atoms with E-state index in [1.54, 1.807) is 36.3 Å². The molecule has 1 fully saturated rings. The van der Waals surface area contributed by atoms with Crippen LogP contribution in [0.15, 0.2) is 24.3 Å². The van der Waals surface area contributed by atoms with Gasteiger partial charge in [-0.25, -0.2) is 0 Å². The lowest BCUT2D eigenvalue weighted by Gasteiger charge is -2.32. The van der Waals surface area contributed by atoms with Gasteiger partial charge in [0, 0.05) is 24.8 Å². The first-order valence-electron chi connectivity index (χ1n) is 7.10. The molecule has 0 aliphatic carbocycles. The number of carbonyl (C=O) groups excluding carboxylic acids is 2. The maximum absolute atomic E-state index is 12.1. The summed E-state index contributed by atoms with van der Waals surface area (Å²) in [5.41, 5.74) is 0.661. The van der Waals surface area contributed by atoms with Crippen LogP contribution in [-0.4, -0.2) is 49.5 Å². The number of nitrogens with zero attached hydrogens (tertiary/aromatic N) is 1. The number of methoxy groups -OCH3 is 1. The van der Waals surface area contributed by atoms with E-state index in [0.29, 0.717) is 18.0 Å². The van der Waals surface area contributed by atoms with E-state index in [2.05, 4.69) is 10.6 Å². The maximum Gasteiger partial charge on any atom is 0.244 e. The fourth-order valence-electron chi connectivity index (χ4n) is 2.34. The van der Waals surface area contributed by atoms with Crippen molar-refractivity contribution in [3.8, 4) is 5.75 Å². The largest absolute Gasteiger partial charge is 0.497 e. The molecule has 1 aliphatic heterocycles. The van der Waals surface area contributed by atoms with Crippen molar-refractivity contribution in [1.29, 1.82) is 0 Å². The predicted molar refractivity (Wildman–Crippen MR) is 80.3 cm³/mol. The van der Waals surface area contributed by atoms with Crippen molar-refractivity contribution < 1.29 is 14.3 Å². The summed E-state index contributed by atoms with van der Waals surface area (Å²) in [4.78, 5) is 25.8. The molecule has 1 heterocycles. The van der Waals surface area contributed by atoms with E-state index >= 15 is 0 Å². The van der Waals surface area contributed by atoms with Crippen LogP contribution in [0, 0.1) is 0 Å². The Labute approximate surface area is 124 Å². The second-order valence-corrected chi connectivity index (χ2v) is 4.95. The van der Waals surface area contributed by atoms with E-state index < -0.39 is 0 Å². The lowest BCUT2D eigenvalue weighted by atomic mass is 10.1. The van der Waals surface area contributed by atoms with Crippen LogP contribution >= 0.6 is 0 Å². The number of nitrogens with one attached hydrogen (secondary N) is 2. The van der Waals surface area contributed by atoms with Gasteiger partial charge in [0.05, 0.1) is 19.7 Å². The Hall–Kier alpha value is -2.08. The van der Waals surface area contributed by atoms with Crippen LogP contribution in [0.4, 0.5) is 5.69 Å². The molecule has 2 amide bonds. The lowest BCUT2D eigenvalue weighted by Crippen LogP contribution is -2.56. The molecule has 2 rings (SSSR count). The number of hydrogen-bond donors (Lipinski definition) is 2. The zero-order chi connectivity index (χ0) is 15.2. The third-order valence-corrected chi connectivity index (χ3v) is 3.48. The lowest BCUT2D eigenvalue weighted by molar-refractivity contribution is -0.138. The van der Waals surface area contributed by atoms with Gasteiger partial charge < -0.3 is 20.3 Å². The molecule has 1 atom stereocenters. The van der Waals surface area contributed by atoms with Gasteiger partial charge in [-0.15, -0.1) is 0 Å². The molecule has 0 spiro atoms. The number of rotatable bonds is 5. The van der Waals surface area contributed by atoms with Crippen molar-refractivity contribution in [3.63, 3.8) is 0 Å². The topological polar surface area (TPSA) is 70.7 Å². The normalized spacial score (nSPS) is 18.5. The number of hydrogen-bond acceptors (Lipinski definition) is 4. The molecule has 1 aromatic rings. The fourth-order valence-corrected chi connectivity index (χ4v) is 2.34. The minimum absolute atomic E-state index is 0.00968. The standard InChI is InChI=1S/C15H21N3O3/c1-3-13-15(20)18(8-7-16-13)10-14(19)17-11-5-4-6-12(9-11)21-2/h4-6,9,13,16H,3,7-8,10H2,1-2H3,(H,17,19). The Balaban J connectivity index is 1.93. The van der Waals surface area contributed by atoms with E-state index in [-0.39, 0.29) is 24.4 Å². The molecule has 0 aromatic heterocycles. The van der Waals surface area contributed by atoms with Gasteiger partial charge in [-0.1, -0.05) is 13.0 Å². The van der Waals surface area contributed by atoms with Crippen molar-refractivity contribution >= 4 is 17.5 Å². The first-order chi connectivity index (χ1) is 10.1. The molecule has 0 bridgehead atoms. The van der Waals surface area contributed by atoms with Crippen molar-refractivity contribution in [1.82, 2.24) is 10.2 Å². The molecular weight excluding hydrogens is 270 g/mol. The molecule has 6 nitrogen and oxygen atoms in total. The number of benzene rings is 1. The molecule has 0 saturated carbocycles. The van der Waals surface area contributed by atoms with Gasteiger partial charge >= 0.3 is 0 Å². The average molecular weight is 291 g/mol. The highest BCUT2D eigenvalue weighted by Crippen LogP contribution is 2.16. The van der Waals surface area contributed by atoms with Gasteiger partial charge in [0.15, 0.2) is 0 Å². The molecule has 2 N–H and O–H groups in total. The van der Waals surface area contributed by atoms with E-state index in [4.69, 9.17) is 4.74 Å². The minimum atomic E-state index is -0.201.